The Labute approximate surface area is 103 Å². The first kappa shape index (κ1) is 10.6. The first-order valence-corrected chi connectivity index (χ1v) is 6.47. The third kappa shape index (κ3) is 2.12. The minimum Gasteiger partial charge on any atom is -0.378 e. The lowest BCUT2D eigenvalue weighted by atomic mass is 10.2. The minimum absolute atomic E-state index is 0.198. The zero-order chi connectivity index (χ0) is 11.0. The van der Waals surface area contributed by atoms with E-state index in [1.165, 1.54) is 12.8 Å². The molecule has 1 saturated carbocycles. The van der Waals surface area contributed by atoms with Crippen LogP contribution in [0.3, 0.4) is 0 Å². The van der Waals surface area contributed by atoms with E-state index in [1.807, 2.05) is 6.20 Å². The predicted molar refractivity (Wildman–Crippen MR) is 63.3 cm³/mol. The molecule has 2 fully saturated rings. The summed E-state index contributed by atoms with van der Waals surface area (Å²) in [6.45, 7) is 2.37. The maximum absolute atomic E-state index is 5.46. The Morgan fingerprint density at radius 2 is 2.31 bits per heavy atom. The van der Waals surface area contributed by atoms with Gasteiger partial charge in [-0.15, -0.1) is 0 Å². The van der Waals surface area contributed by atoms with Crippen LogP contribution in [0.5, 0.6) is 0 Å². The smallest absolute Gasteiger partial charge is 0.131 e. The highest BCUT2D eigenvalue weighted by molar-refractivity contribution is 9.10. The van der Waals surface area contributed by atoms with Crippen LogP contribution in [0.15, 0.2) is 10.7 Å². The third-order valence-electron chi connectivity index (χ3n) is 2.98. The number of ether oxygens (including phenoxy) is 1. The van der Waals surface area contributed by atoms with E-state index in [0.29, 0.717) is 12.5 Å². The van der Waals surface area contributed by atoms with Gasteiger partial charge in [-0.1, -0.05) is 0 Å². The molecule has 16 heavy (non-hydrogen) atoms. The molecule has 0 radical (unpaired) electrons. The average molecular weight is 284 g/mol. The fourth-order valence-corrected chi connectivity index (χ4v) is 2.39. The normalized spacial score (nSPS) is 25.7. The Morgan fingerprint density at radius 1 is 1.44 bits per heavy atom. The highest BCUT2D eigenvalue weighted by Crippen LogP contribution is 2.38. The highest BCUT2D eigenvalue weighted by Gasteiger charge is 2.28. The Bertz CT molecular complexity index is 389. The van der Waals surface area contributed by atoms with Gasteiger partial charge in [-0.25, -0.2) is 9.97 Å². The second-order valence-electron chi connectivity index (χ2n) is 4.32. The number of hydrogen-bond donors (Lipinski definition) is 1. The van der Waals surface area contributed by atoms with Gasteiger partial charge in [0.05, 0.1) is 29.4 Å². The Balaban J connectivity index is 1.88. The van der Waals surface area contributed by atoms with E-state index in [0.717, 1.165) is 29.1 Å². The van der Waals surface area contributed by atoms with Crippen LogP contribution in [0, 0.1) is 0 Å². The van der Waals surface area contributed by atoms with Gasteiger partial charge in [0.25, 0.3) is 0 Å². The topological polar surface area (TPSA) is 47.0 Å². The lowest BCUT2D eigenvalue weighted by molar-refractivity contribution is 0.0752. The molecule has 1 saturated heterocycles. The summed E-state index contributed by atoms with van der Waals surface area (Å²) in [6.07, 6.45) is 4.33. The van der Waals surface area contributed by atoms with Crippen LogP contribution in [0.2, 0.25) is 0 Å². The van der Waals surface area contributed by atoms with Crippen molar-refractivity contribution in [2.75, 3.05) is 19.8 Å². The second-order valence-corrected chi connectivity index (χ2v) is 5.17. The number of aromatic nitrogens is 2. The molecule has 1 atom stereocenters. The van der Waals surface area contributed by atoms with Crippen molar-refractivity contribution >= 4 is 15.9 Å². The summed E-state index contributed by atoms with van der Waals surface area (Å²) in [6, 6.07) is 0.198. The molecule has 2 heterocycles. The molecular weight excluding hydrogens is 270 g/mol. The van der Waals surface area contributed by atoms with Crippen molar-refractivity contribution in [1.29, 1.82) is 0 Å². The molecule has 0 amide bonds. The van der Waals surface area contributed by atoms with Crippen LogP contribution >= 0.6 is 15.9 Å². The molecule has 0 spiro atoms. The number of nitrogens with one attached hydrogen (secondary N) is 1. The van der Waals surface area contributed by atoms with Crippen LogP contribution < -0.4 is 5.32 Å². The monoisotopic (exact) mass is 283 g/mol. The number of halogens is 1. The molecule has 86 valence electrons. The molecular formula is C11H14BrN3O. The van der Waals surface area contributed by atoms with Crippen LogP contribution in [0.4, 0.5) is 0 Å². The quantitative estimate of drug-likeness (QED) is 0.899. The van der Waals surface area contributed by atoms with Crippen molar-refractivity contribution in [3.05, 3.63) is 22.2 Å². The Hall–Kier alpha value is -0.520. The van der Waals surface area contributed by atoms with Gasteiger partial charge in [0.1, 0.15) is 5.82 Å². The Morgan fingerprint density at radius 3 is 3.00 bits per heavy atom. The highest BCUT2D eigenvalue weighted by atomic mass is 79.9. The largest absolute Gasteiger partial charge is 0.378 e. The lowest BCUT2D eigenvalue weighted by Gasteiger charge is -2.24. The fraction of sp³-hybridized carbons (Fsp3) is 0.636. The van der Waals surface area contributed by atoms with Gasteiger partial charge in [-0.2, -0.15) is 0 Å². The maximum Gasteiger partial charge on any atom is 0.131 e. The molecule has 1 aromatic rings. The molecule has 5 heteroatoms. The van der Waals surface area contributed by atoms with Crippen LogP contribution in [0.1, 0.15) is 36.3 Å². The van der Waals surface area contributed by atoms with Gasteiger partial charge in [-0.3, -0.25) is 0 Å². The van der Waals surface area contributed by atoms with E-state index in [2.05, 4.69) is 31.2 Å². The summed E-state index contributed by atoms with van der Waals surface area (Å²) in [5.41, 5.74) is 1.04. The maximum atomic E-state index is 5.46. The van der Waals surface area contributed by atoms with E-state index in [4.69, 9.17) is 4.74 Å². The number of nitrogens with zero attached hydrogens (tertiary/aromatic N) is 2. The Kier molecular flexibility index (Phi) is 2.91. The molecule has 1 N–H and O–H groups in total. The van der Waals surface area contributed by atoms with Gasteiger partial charge in [0.2, 0.25) is 0 Å². The summed E-state index contributed by atoms with van der Waals surface area (Å²) in [5.74, 6) is 1.59. The average Bonchev–Trinajstić information content (AvgIpc) is 3.15. The molecule has 4 nitrogen and oxygen atoms in total. The summed E-state index contributed by atoms with van der Waals surface area (Å²) in [4.78, 5) is 9.03. The zero-order valence-corrected chi connectivity index (χ0v) is 10.5. The molecule has 1 aliphatic carbocycles. The van der Waals surface area contributed by atoms with Gasteiger partial charge >= 0.3 is 0 Å². The van der Waals surface area contributed by atoms with Crippen molar-refractivity contribution in [1.82, 2.24) is 15.3 Å². The summed E-state index contributed by atoms with van der Waals surface area (Å²) < 4.78 is 6.44. The molecule has 1 aromatic heterocycles. The van der Waals surface area contributed by atoms with Crippen LogP contribution in [-0.4, -0.2) is 29.7 Å². The minimum atomic E-state index is 0.198. The van der Waals surface area contributed by atoms with Gasteiger partial charge in [0.15, 0.2) is 0 Å². The zero-order valence-electron chi connectivity index (χ0n) is 8.95. The summed E-state index contributed by atoms with van der Waals surface area (Å²) in [5, 5.41) is 3.42. The van der Waals surface area contributed by atoms with Crippen LogP contribution in [0.25, 0.3) is 0 Å². The molecule has 3 rings (SSSR count). The van der Waals surface area contributed by atoms with Crippen molar-refractivity contribution in [3.63, 3.8) is 0 Å². The first-order chi connectivity index (χ1) is 7.84. The molecule has 0 aromatic carbocycles. The molecule has 0 bridgehead atoms. The SMILES string of the molecule is Brc1cnc(C2CC2)nc1C1COCCN1. The van der Waals surface area contributed by atoms with E-state index < -0.39 is 0 Å². The van der Waals surface area contributed by atoms with Crippen molar-refractivity contribution in [2.45, 2.75) is 24.8 Å². The molecule has 1 aliphatic heterocycles. The van der Waals surface area contributed by atoms with Crippen molar-refractivity contribution in [3.8, 4) is 0 Å². The van der Waals surface area contributed by atoms with Crippen LogP contribution in [-0.2, 0) is 4.74 Å². The van der Waals surface area contributed by atoms with Crippen molar-refractivity contribution in [2.24, 2.45) is 0 Å². The van der Waals surface area contributed by atoms with E-state index in [-0.39, 0.29) is 6.04 Å². The van der Waals surface area contributed by atoms with Gasteiger partial charge < -0.3 is 10.1 Å². The van der Waals surface area contributed by atoms with E-state index in [9.17, 15) is 0 Å². The van der Waals surface area contributed by atoms with Crippen molar-refractivity contribution < 1.29 is 4.74 Å². The number of hydrogen-bond acceptors (Lipinski definition) is 4. The fourth-order valence-electron chi connectivity index (χ4n) is 1.92. The van der Waals surface area contributed by atoms with E-state index in [1.54, 1.807) is 0 Å². The second kappa shape index (κ2) is 4.39. The first-order valence-electron chi connectivity index (χ1n) is 5.68. The van der Waals surface area contributed by atoms with E-state index >= 15 is 0 Å². The lowest BCUT2D eigenvalue weighted by Crippen LogP contribution is -2.35. The summed E-state index contributed by atoms with van der Waals surface area (Å²) in [7, 11) is 0. The predicted octanol–water partition coefficient (Wildman–Crippen LogP) is 1.78. The molecule has 2 aliphatic rings. The standard InChI is InChI=1S/C11H14BrN3O/c12-8-5-14-11(7-1-2-7)15-10(8)9-6-16-4-3-13-9/h5,7,9,13H,1-4,6H2. The van der Waals surface area contributed by atoms with Gasteiger partial charge in [-0.05, 0) is 28.8 Å². The third-order valence-corrected chi connectivity index (χ3v) is 3.60. The van der Waals surface area contributed by atoms with Gasteiger partial charge in [0, 0.05) is 18.7 Å². The number of morpholine rings is 1. The molecule has 1 unspecified atom stereocenters. The number of rotatable bonds is 2. The summed E-state index contributed by atoms with van der Waals surface area (Å²) >= 11 is 3.51.